The lowest BCUT2D eigenvalue weighted by atomic mass is 9.95. The Balaban J connectivity index is 2.06. The minimum atomic E-state index is 0.848. The van der Waals surface area contributed by atoms with Gasteiger partial charge < -0.3 is 0 Å². The second-order valence-corrected chi connectivity index (χ2v) is 4.69. The van der Waals surface area contributed by atoms with Gasteiger partial charge in [-0.15, -0.1) is 0 Å². The van der Waals surface area contributed by atoms with Crippen LogP contribution in [0.15, 0.2) is 24.3 Å². The molecule has 0 unspecified atom stereocenters. The Labute approximate surface area is 87.3 Å². The molecule has 0 radical (unpaired) electrons. The molecule has 14 heavy (non-hydrogen) atoms. The molecule has 2 rings (SSSR count). The molecule has 0 amide bonds. The fourth-order valence-electron chi connectivity index (χ4n) is 2.59. The average Bonchev–Trinajstić information content (AvgIpc) is 2.67. The second kappa shape index (κ2) is 4.16. The van der Waals surface area contributed by atoms with Crippen LogP contribution in [0.1, 0.15) is 49.7 Å². The summed E-state index contributed by atoms with van der Waals surface area (Å²) in [6.07, 6.45) is 5.62. The highest BCUT2D eigenvalue weighted by Crippen LogP contribution is 2.39. The van der Waals surface area contributed by atoms with Crippen molar-refractivity contribution in [1.29, 1.82) is 0 Å². The molecule has 0 bridgehead atoms. The van der Waals surface area contributed by atoms with Gasteiger partial charge in [-0.25, -0.2) is 0 Å². The molecule has 2 atom stereocenters. The maximum Gasteiger partial charge on any atom is -0.0159 e. The van der Waals surface area contributed by atoms with Crippen molar-refractivity contribution in [3.05, 3.63) is 35.4 Å². The van der Waals surface area contributed by atoms with E-state index in [4.69, 9.17) is 0 Å². The molecular weight excluding hydrogens is 168 g/mol. The van der Waals surface area contributed by atoms with Crippen LogP contribution in [0.25, 0.3) is 0 Å². The number of benzene rings is 1. The van der Waals surface area contributed by atoms with Gasteiger partial charge in [-0.1, -0.05) is 43.2 Å². The molecule has 0 aliphatic heterocycles. The van der Waals surface area contributed by atoms with Crippen LogP contribution in [0, 0.1) is 12.8 Å². The van der Waals surface area contributed by atoms with Gasteiger partial charge in [-0.05, 0) is 43.6 Å². The predicted octanol–water partition coefficient (Wildman–Crippen LogP) is 4.29. The van der Waals surface area contributed by atoms with Crippen molar-refractivity contribution in [2.24, 2.45) is 5.92 Å². The Morgan fingerprint density at radius 2 is 1.86 bits per heavy atom. The first-order valence-corrected chi connectivity index (χ1v) is 5.86. The standard InChI is InChI=1S/C14H20/c1-3-12-6-9-14(10-12)13-7-4-11(2)5-8-13/h4-5,7-8,12,14H,3,6,9-10H2,1-2H3/t12-,14-/m1/s1. The zero-order chi connectivity index (χ0) is 9.97. The van der Waals surface area contributed by atoms with E-state index in [1.165, 1.54) is 31.2 Å². The van der Waals surface area contributed by atoms with E-state index in [-0.39, 0.29) is 0 Å². The van der Waals surface area contributed by atoms with Crippen LogP contribution < -0.4 is 0 Å². The fourth-order valence-corrected chi connectivity index (χ4v) is 2.59. The molecule has 1 fully saturated rings. The van der Waals surface area contributed by atoms with Gasteiger partial charge >= 0.3 is 0 Å². The highest BCUT2D eigenvalue weighted by atomic mass is 14.3. The summed E-state index contributed by atoms with van der Waals surface area (Å²) in [4.78, 5) is 0. The predicted molar refractivity (Wildman–Crippen MR) is 61.6 cm³/mol. The molecule has 0 heterocycles. The molecule has 0 heteroatoms. The minimum absolute atomic E-state index is 0.848. The lowest BCUT2D eigenvalue weighted by molar-refractivity contribution is 0.521. The Hall–Kier alpha value is -0.780. The van der Waals surface area contributed by atoms with E-state index < -0.39 is 0 Å². The lowest BCUT2D eigenvalue weighted by Crippen LogP contribution is -1.94. The zero-order valence-electron chi connectivity index (χ0n) is 9.29. The summed E-state index contributed by atoms with van der Waals surface area (Å²) in [6, 6.07) is 9.12. The van der Waals surface area contributed by atoms with Crippen LogP contribution in [0.4, 0.5) is 0 Å². The SMILES string of the molecule is CC[C@@H]1CC[C@@H](c2ccc(C)cc2)C1. The van der Waals surface area contributed by atoms with E-state index >= 15 is 0 Å². The Morgan fingerprint density at radius 1 is 1.14 bits per heavy atom. The Morgan fingerprint density at radius 3 is 2.43 bits per heavy atom. The molecule has 0 spiro atoms. The molecule has 0 aromatic heterocycles. The van der Waals surface area contributed by atoms with E-state index in [9.17, 15) is 0 Å². The summed E-state index contributed by atoms with van der Waals surface area (Å²) in [5, 5.41) is 0. The summed E-state index contributed by atoms with van der Waals surface area (Å²) in [5.74, 6) is 1.84. The van der Waals surface area contributed by atoms with Crippen molar-refractivity contribution in [3.8, 4) is 0 Å². The molecule has 0 N–H and O–H groups in total. The molecule has 76 valence electrons. The van der Waals surface area contributed by atoms with Gasteiger partial charge in [0.25, 0.3) is 0 Å². The van der Waals surface area contributed by atoms with E-state index in [1.54, 1.807) is 5.56 Å². The third kappa shape index (κ3) is 2.00. The molecule has 1 aliphatic carbocycles. The zero-order valence-corrected chi connectivity index (χ0v) is 9.29. The van der Waals surface area contributed by atoms with Gasteiger partial charge in [-0.3, -0.25) is 0 Å². The average molecular weight is 188 g/mol. The lowest BCUT2D eigenvalue weighted by Gasteiger charge is -2.10. The van der Waals surface area contributed by atoms with E-state index in [1.807, 2.05) is 0 Å². The monoisotopic (exact) mass is 188 g/mol. The normalized spacial score (nSPS) is 26.7. The molecule has 0 nitrogen and oxygen atoms in total. The van der Waals surface area contributed by atoms with Crippen LogP contribution in [0.3, 0.4) is 0 Å². The maximum absolute atomic E-state index is 2.32. The molecule has 0 saturated heterocycles. The summed E-state index contributed by atoms with van der Waals surface area (Å²) in [6.45, 7) is 4.48. The summed E-state index contributed by atoms with van der Waals surface area (Å²) in [5.41, 5.74) is 2.94. The first-order valence-electron chi connectivity index (χ1n) is 5.86. The Kier molecular flexibility index (Phi) is 2.90. The molecule has 1 saturated carbocycles. The first kappa shape index (κ1) is 9.76. The molecule has 1 aliphatic rings. The fraction of sp³-hybridized carbons (Fsp3) is 0.571. The Bertz CT molecular complexity index is 283. The van der Waals surface area contributed by atoms with Gasteiger partial charge in [0, 0.05) is 0 Å². The summed E-state index contributed by atoms with van der Waals surface area (Å²) >= 11 is 0. The molecule has 1 aromatic carbocycles. The van der Waals surface area contributed by atoms with Gasteiger partial charge in [0.05, 0.1) is 0 Å². The van der Waals surface area contributed by atoms with Gasteiger partial charge in [0.2, 0.25) is 0 Å². The second-order valence-electron chi connectivity index (χ2n) is 4.69. The highest BCUT2D eigenvalue weighted by molar-refractivity contribution is 5.25. The number of hydrogen-bond acceptors (Lipinski definition) is 0. The van der Waals surface area contributed by atoms with Crippen LogP contribution in [0.2, 0.25) is 0 Å². The minimum Gasteiger partial charge on any atom is -0.0651 e. The number of aryl methyl sites for hydroxylation is 1. The first-order chi connectivity index (χ1) is 6.79. The third-order valence-electron chi connectivity index (χ3n) is 3.67. The van der Waals surface area contributed by atoms with Crippen molar-refractivity contribution >= 4 is 0 Å². The quantitative estimate of drug-likeness (QED) is 0.649. The smallest absolute Gasteiger partial charge is 0.0159 e. The molecular formula is C14H20. The van der Waals surface area contributed by atoms with E-state index in [2.05, 4.69) is 38.1 Å². The number of hydrogen-bond donors (Lipinski definition) is 0. The van der Waals surface area contributed by atoms with Crippen molar-refractivity contribution in [1.82, 2.24) is 0 Å². The van der Waals surface area contributed by atoms with Crippen molar-refractivity contribution in [3.63, 3.8) is 0 Å². The van der Waals surface area contributed by atoms with Gasteiger partial charge in [-0.2, -0.15) is 0 Å². The van der Waals surface area contributed by atoms with E-state index in [0.717, 1.165) is 11.8 Å². The summed E-state index contributed by atoms with van der Waals surface area (Å²) in [7, 11) is 0. The highest BCUT2D eigenvalue weighted by Gasteiger charge is 2.24. The largest absolute Gasteiger partial charge is 0.0651 e. The topological polar surface area (TPSA) is 0 Å². The van der Waals surface area contributed by atoms with Crippen molar-refractivity contribution < 1.29 is 0 Å². The number of rotatable bonds is 2. The van der Waals surface area contributed by atoms with E-state index in [0.29, 0.717) is 0 Å². The van der Waals surface area contributed by atoms with Crippen LogP contribution in [-0.4, -0.2) is 0 Å². The van der Waals surface area contributed by atoms with Crippen molar-refractivity contribution in [2.45, 2.75) is 45.4 Å². The van der Waals surface area contributed by atoms with Crippen LogP contribution in [-0.2, 0) is 0 Å². The van der Waals surface area contributed by atoms with Crippen molar-refractivity contribution in [2.75, 3.05) is 0 Å². The third-order valence-corrected chi connectivity index (χ3v) is 3.67. The molecule has 1 aromatic rings. The van der Waals surface area contributed by atoms with Crippen LogP contribution >= 0.6 is 0 Å². The van der Waals surface area contributed by atoms with Gasteiger partial charge in [0.1, 0.15) is 0 Å². The van der Waals surface area contributed by atoms with Crippen LogP contribution in [0.5, 0.6) is 0 Å². The maximum atomic E-state index is 2.32. The van der Waals surface area contributed by atoms with Gasteiger partial charge in [0.15, 0.2) is 0 Å². The summed E-state index contributed by atoms with van der Waals surface area (Å²) < 4.78 is 0.